The topological polar surface area (TPSA) is 35.5 Å². The second kappa shape index (κ2) is 6.40. The SMILES string of the molecule is CO.c1ccc(N2CCNCC2)cc1. The second-order valence-electron chi connectivity index (χ2n) is 3.07. The highest BCUT2D eigenvalue weighted by atomic mass is 16.2. The van der Waals surface area contributed by atoms with Gasteiger partial charge in [0, 0.05) is 39.0 Å². The molecule has 0 radical (unpaired) electrons. The van der Waals surface area contributed by atoms with Crippen molar-refractivity contribution < 1.29 is 5.11 Å². The molecule has 1 aromatic carbocycles. The Hall–Kier alpha value is -1.06. The van der Waals surface area contributed by atoms with Crippen LogP contribution in [0.4, 0.5) is 5.69 Å². The van der Waals surface area contributed by atoms with Crippen molar-refractivity contribution in [3.8, 4) is 0 Å². The van der Waals surface area contributed by atoms with Gasteiger partial charge >= 0.3 is 0 Å². The van der Waals surface area contributed by atoms with Crippen molar-refractivity contribution in [3.63, 3.8) is 0 Å². The molecule has 1 aromatic rings. The van der Waals surface area contributed by atoms with E-state index in [4.69, 9.17) is 5.11 Å². The van der Waals surface area contributed by atoms with Gasteiger partial charge in [-0.05, 0) is 12.1 Å². The third-order valence-electron chi connectivity index (χ3n) is 2.24. The van der Waals surface area contributed by atoms with Crippen LogP contribution < -0.4 is 10.2 Å². The Balaban J connectivity index is 0.000000461. The fraction of sp³-hybridized carbons (Fsp3) is 0.455. The fourth-order valence-corrected chi connectivity index (χ4v) is 1.56. The van der Waals surface area contributed by atoms with Crippen LogP contribution in [-0.2, 0) is 0 Å². The maximum atomic E-state index is 7.00. The molecule has 0 aliphatic carbocycles. The monoisotopic (exact) mass is 194 g/mol. The van der Waals surface area contributed by atoms with Gasteiger partial charge in [-0.1, -0.05) is 18.2 Å². The lowest BCUT2D eigenvalue weighted by atomic mass is 10.2. The Morgan fingerprint density at radius 2 is 1.64 bits per heavy atom. The van der Waals surface area contributed by atoms with Crippen molar-refractivity contribution in [2.45, 2.75) is 0 Å². The van der Waals surface area contributed by atoms with E-state index in [2.05, 4.69) is 40.5 Å². The van der Waals surface area contributed by atoms with E-state index in [1.165, 1.54) is 5.69 Å². The Kier molecular flexibility index (Phi) is 5.04. The molecular weight excluding hydrogens is 176 g/mol. The summed E-state index contributed by atoms with van der Waals surface area (Å²) < 4.78 is 0. The first-order valence-corrected chi connectivity index (χ1v) is 4.92. The van der Waals surface area contributed by atoms with Crippen LogP contribution in [0.2, 0.25) is 0 Å². The molecule has 0 atom stereocenters. The quantitative estimate of drug-likeness (QED) is 0.691. The summed E-state index contributed by atoms with van der Waals surface area (Å²) in [5.41, 5.74) is 1.35. The number of nitrogens with one attached hydrogen (secondary N) is 1. The molecule has 1 aliphatic rings. The van der Waals surface area contributed by atoms with Gasteiger partial charge in [-0.15, -0.1) is 0 Å². The first kappa shape index (κ1) is 11.0. The number of hydrogen-bond acceptors (Lipinski definition) is 3. The fourth-order valence-electron chi connectivity index (χ4n) is 1.56. The summed E-state index contributed by atoms with van der Waals surface area (Å²) in [4.78, 5) is 2.41. The van der Waals surface area contributed by atoms with Gasteiger partial charge in [0.15, 0.2) is 0 Å². The molecule has 78 valence electrons. The summed E-state index contributed by atoms with van der Waals surface area (Å²) in [5, 5.41) is 10.3. The van der Waals surface area contributed by atoms with Crippen LogP contribution in [0.3, 0.4) is 0 Å². The van der Waals surface area contributed by atoms with Crippen LogP contribution in [0.15, 0.2) is 30.3 Å². The van der Waals surface area contributed by atoms with E-state index in [0.29, 0.717) is 0 Å². The predicted molar refractivity (Wildman–Crippen MR) is 59.7 cm³/mol. The number of para-hydroxylation sites is 1. The maximum absolute atomic E-state index is 7.00. The van der Waals surface area contributed by atoms with Crippen LogP contribution in [0.1, 0.15) is 0 Å². The summed E-state index contributed by atoms with van der Waals surface area (Å²) in [7, 11) is 1.00. The molecule has 0 amide bonds. The van der Waals surface area contributed by atoms with Crippen molar-refractivity contribution in [2.75, 3.05) is 38.2 Å². The van der Waals surface area contributed by atoms with E-state index in [9.17, 15) is 0 Å². The van der Waals surface area contributed by atoms with E-state index in [1.54, 1.807) is 0 Å². The third kappa shape index (κ3) is 3.01. The highest BCUT2D eigenvalue weighted by Gasteiger charge is 2.08. The lowest BCUT2D eigenvalue weighted by Crippen LogP contribution is -2.43. The summed E-state index contributed by atoms with van der Waals surface area (Å²) >= 11 is 0. The Bertz CT molecular complexity index is 232. The van der Waals surface area contributed by atoms with Crippen molar-refractivity contribution in [3.05, 3.63) is 30.3 Å². The van der Waals surface area contributed by atoms with E-state index in [-0.39, 0.29) is 0 Å². The number of anilines is 1. The van der Waals surface area contributed by atoms with Gasteiger partial charge in [-0.2, -0.15) is 0 Å². The molecule has 2 rings (SSSR count). The Labute approximate surface area is 85.4 Å². The number of aliphatic hydroxyl groups excluding tert-OH is 1. The van der Waals surface area contributed by atoms with Crippen LogP contribution >= 0.6 is 0 Å². The van der Waals surface area contributed by atoms with Gasteiger partial charge in [0.25, 0.3) is 0 Å². The number of hydrogen-bond donors (Lipinski definition) is 2. The van der Waals surface area contributed by atoms with Crippen LogP contribution in [0, 0.1) is 0 Å². The highest BCUT2D eigenvalue weighted by molar-refractivity contribution is 5.46. The average Bonchev–Trinajstić information content (AvgIpc) is 2.34. The highest BCUT2D eigenvalue weighted by Crippen LogP contribution is 2.12. The van der Waals surface area contributed by atoms with Crippen LogP contribution in [0.5, 0.6) is 0 Å². The number of benzene rings is 1. The zero-order chi connectivity index (χ0) is 10.2. The normalized spacial score (nSPS) is 15.7. The van der Waals surface area contributed by atoms with Crippen molar-refractivity contribution in [1.29, 1.82) is 0 Å². The molecule has 1 saturated heterocycles. The molecular formula is C11H18N2O. The smallest absolute Gasteiger partial charge is 0.0367 e. The first-order chi connectivity index (χ1) is 6.97. The van der Waals surface area contributed by atoms with Crippen molar-refractivity contribution >= 4 is 5.69 Å². The van der Waals surface area contributed by atoms with E-state index >= 15 is 0 Å². The third-order valence-corrected chi connectivity index (χ3v) is 2.24. The molecule has 0 unspecified atom stereocenters. The molecule has 3 heteroatoms. The van der Waals surface area contributed by atoms with Crippen LogP contribution in [0.25, 0.3) is 0 Å². The molecule has 1 heterocycles. The lowest BCUT2D eigenvalue weighted by molar-refractivity contribution is 0.399. The molecule has 1 aliphatic heterocycles. The minimum absolute atomic E-state index is 1.00. The molecule has 0 bridgehead atoms. The summed E-state index contributed by atoms with van der Waals surface area (Å²) in [5.74, 6) is 0. The summed E-state index contributed by atoms with van der Waals surface area (Å²) in [6, 6.07) is 10.6. The zero-order valence-corrected chi connectivity index (χ0v) is 8.61. The molecule has 0 spiro atoms. The van der Waals surface area contributed by atoms with E-state index < -0.39 is 0 Å². The van der Waals surface area contributed by atoms with Crippen LogP contribution in [-0.4, -0.2) is 38.4 Å². The largest absolute Gasteiger partial charge is 0.400 e. The minimum atomic E-state index is 1.00. The standard InChI is InChI=1S/C10H14N2.CH4O/c1-2-4-10(5-3-1)12-8-6-11-7-9-12;1-2/h1-5,11H,6-9H2;2H,1H3. The molecule has 0 saturated carbocycles. The summed E-state index contributed by atoms with van der Waals surface area (Å²) in [6.45, 7) is 4.47. The molecule has 14 heavy (non-hydrogen) atoms. The van der Waals surface area contributed by atoms with Gasteiger partial charge in [0.05, 0.1) is 0 Å². The lowest BCUT2D eigenvalue weighted by Gasteiger charge is -2.29. The van der Waals surface area contributed by atoms with Gasteiger partial charge in [0.2, 0.25) is 0 Å². The maximum Gasteiger partial charge on any atom is 0.0367 e. The predicted octanol–water partition coefficient (Wildman–Crippen LogP) is 0.705. The van der Waals surface area contributed by atoms with E-state index in [1.807, 2.05) is 0 Å². The zero-order valence-electron chi connectivity index (χ0n) is 8.61. The van der Waals surface area contributed by atoms with Gasteiger partial charge in [-0.25, -0.2) is 0 Å². The first-order valence-electron chi connectivity index (χ1n) is 4.92. The summed E-state index contributed by atoms with van der Waals surface area (Å²) in [6.07, 6.45) is 0. The Morgan fingerprint density at radius 3 is 2.21 bits per heavy atom. The van der Waals surface area contributed by atoms with Crippen molar-refractivity contribution in [1.82, 2.24) is 5.32 Å². The number of nitrogens with zero attached hydrogens (tertiary/aromatic N) is 1. The van der Waals surface area contributed by atoms with E-state index in [0.717, 1.165) is 33.3 Å². The van der Waals surface area contributed by atoms with Gasteiger partial charge in [0.1, 0.15) is 0 Å². The number of piperazine rings is 1. The number of rotatable bonds is 1. The number of aliphatic hydroxyl groups is 1. The molecule has 0 aromatic heterocycles. The van der Waals surface area contributed by atoms with Crippen molar-refractivity contribution in [2.24, 2.45) is 0 Å². The minimum Gasteiger partial charge on any atom is -0.400 e. The van der Waals surface area contributed by atoms with Gasteiger partial charge in [-0.3, -0.25) is 0 Å². The Morgan fingerprint density at radius 1 is 1.07 bits per heavy atom. The molecule has 3 nitrogen and oxygen atoms in total. The average molecular weight is 194 g/mol. The molecule has 2 N–H and O–H groups in total. The second-order valence-corrected chi connectivity index (χ2v) is 3.07. The van der Waals surface area contributed by atoms with Gasteiger partial charge < -0.3 is 15.3 Å². The molecule has 1 fully saturated rings.